The minimum Gasteiger partial charge on any atom is -0.377 e. The van der Waals surface area contributed by atoms with Crippen molar-refractivity contribution in [1.29, 1.82) is 5.26 Å². The van der Waals surface area contributed by atoms with E-state index in [0.29, 0.717) is 56.1 Å². The number of rotatable bonds is 6. The first-order valence-corrected chi connectivity index (χ1v) is 14.3. The quantitative estimate of drug-likeness (QED) is 0.426. The van der Waals surface area contributed by atoms with Crippen LogP contribution in [-0.2, 0) is 42.9 Å². The highest BCUT2D eigenvalue weighted by atomic mass is 19.4. The largest absolute Gasteiger partial charge is 0.416 e. The summed E-state index contributed by atoms with van der Waals surface area (Å²) in [7, 11) is 1.87. The van der Waals surface area contributed by atoms with E-state index in [0.717, 1.165) is 24.4 Å². The summed E-state index contributed by atoms with van der Waals surface area (Å²) in [6, 6.07) is 12.7. The van der Waals surface area contributed by atoms with Gasteiger partial charge in [0.2, 0.25) is 0 Å². The second kappa shape index (κ2) is 9.92. The Morgan fingerprint density at radius 3 is 2.74 bits per heavy atom. The number of carbonyl (C=O) groups excluding carboxylic acids is 1. The summed E-state index contributed by atoms with van der Waals surface area (Å²) in [5, 5.41) is 17.7. The molecule has 3 aromatic rings. The molecular formula is C31H31F3N6O2. The third-order valence-corrected chi connectivity index (χ3v) is 9.48. The topological polar surface area (TPSA) is 87.3 Å². The standard InChI is InChI=1S/C31H31F3N6O2/c1-38-18-36-37-28(38)11-30(9-21(10-30)12-35)22-3-2-4-23(8-22)40-16-26-25(29(40)41)6-19(7-27(26)31(32,33)34)13-39-14-20-5-24(15-39)42-17-20/h2-4,6-8,18,20-21,24H,5,9-11,13-17H2,1H3/t20-,21?,24-,30?/m1/s1. The lowest BCUT2D eigenvalue weighted by Gasteiger charge is -2.45. The number of piperidine rings is 1. The molecule has 218 valence electrons. The average molecular weight is 577 g/mol. The third kappa shape index (κ3) is 4.67. The van der Waals surface area contributed by atoms with Gasteiger partial charge in [-0.3, -0.25) is 9.69 Å². The fraction of sp³-hybridized carbons (Fsp3) is 0.484. The molecule has 1 amide bonds. The predicted octanol–water partition coefficient (Wildman–Crippen LogP) is 4.63. The molecule has 2 bridgehead atoms. The number of nitrogens with zero attached hydrogens (tertiary/aromatic N) is 6. The number of amides is 1. The van der Waals surface area contributed by atoms with Crippen molar-refractivity contribution in [3.63, 3.8) is 0 Å². The third-order valence-electron chi connectivity index (χ3n) is 9.48. The van der Waals surface area contributed by atoms with Crippen molar-refractivity contribution in [3.8, 4) is 6.07 Å². The van der Waals surface area contributed by atoms with Gasteiger partial charge in [-0.05, 0) is 66.1 Å². The molecule has 11 heteroatoms. The van der Waals surface area contributed by atoms with Crippen LogP contribution in [0.4, 0.5) is 18.9 Å². The van der Waals surface area contributed by atoms with Crippen molar-refractivity contribution in [1.82, 2.24) is 19.7 Å². The van der Waals surface area contributed by atoms with Crippen LogP contribution in [0.5, 0.6) is 0 Å². The van der Waals surface area contributed by atoms with E-state index in [1.807, 2.05) is 29.8 Å². The summed E-state index contributed by atoms with van der Waals surface area (Å²) in [6.07, 6.45) is 0.0248. The predicted molar refractivity (Wildman–Crippen MR) is 146 cm³/mol. The van der Waals surface area contributed by atoms with Crippen LogP contribution < -0.4 is 4.90 Å². The summed E-state index contributed by atoms with van der Waals surface area (Å²) >= 11 is 0. The molecule has 8 nitrogen and oxygen atoms in total. The normalized spacial score (nSPS) is 27.2. The molecule has 3 aliphatic heterocycles. The molecule has 4 aliphatic rings. The number of aryl methyl sites for hydroxylation is 1. The van der Waals surface area contributed by atoms with Crippen LogP contribution in [0.3, 0.4) is 0 Å². The van der Waals surface area contributed by atoms with Gasteiger partial charge in [-0.2, -0.15) is 18.4 Å². The second-order valence-electron chi connectivity index (χ2n) is 12.4. The van der Waals surface area contributed by atoms with Crippen molar-refractivity contribution in [2.24, 2.45) is 18.9 Å². The van der Waals surface area contributed by atoms with Crippen molar-refractivity contribution in [3.05, 3.63) is 76.4 Å². The Morgan fingerprint density at radius 2 is 2.02 bits per heavy atom. The number of hydrogen-bond acceptors (Lipinski definition) is 6. The lowest BCUT2D eigenvalue weighted by molar-refractivity contribution is -0.138. The molecule has 2 aromatic carbocycles. The summed E-state index contributed by atoms with van der Waals surface area (Å²) in [5.41, 5.74) is 1.00. The lowest BCUT2D eigenvalue weighted by atomic mass is 9.57. The maximum Gasteiger partial charge on any atom is 0.416 e. The molecule has 4 heterocycles. The van der Waals surface area contributed by atoms with Crippen LogP contribution in [0.15, 0.2) is 42.7 Å². The number of fused-ring (bicyclic) bond motifs is 3. The maximum atomic E-state index is 14.3. The van der Waals surface area contributed by atoms with Gasteiger partial charge in [0.25, 0.3) is 5.91 Å². The number of anilines is 1. The van der Waals surface area contributed by atoms with Crippen LogP contribution in [-0.4, -0.2) is 51.4 Å². The van der Waals surface area contributed by atoms with E-state index in [4.69, 9.17) is 4.74 Å². The van der Waals surface area contributed by atoms with Crippen molar-refractivity contribution >= 4 is 11.6 Å². The minimum atomic E-state index is -4.58. The van der Waals surface area contributed by atoms with E-state index in [9.17, 15) is 23.2 Å². The number of carbonyl (C=O) groups is 1. The molecule has 2 saturated heterocycles. The number of halogens is 3. The van der Waals surface area contributed by atoms with Crippen molar-refractivity contribution in [2.45, 2.75) is 56.5 Å². The fourth-order valence-electron chi connectivity index (χ4n) is 7.40. The van der Waals surface area contributed by atoms with E-state index < -0.39 is 17.6 Å². The first-order valence-electron chi connectivity index (χ1n) is 14.3. The van der Waals surface area contributed by atoms with Crippen LogP contribution >= 0.6 is 0 Å². The number of nitriles is 1. The average Bonchev–Trinajstić information content (AvgIpc) is 3.61. The van der Waals surface area contributed by atoms with Crippen molar-refractivity contribution in [2.75, 3.05) is 24.6 Å². The molecule has 2 atom stereocenters. The molecule has 0 N–H and O–H groups in total. The Morgan fingerprint density at radius 1 is 1.19 bits per heavy atom. The summed E-state index contributed by atoms with van der Waals surface area (Å²) in [4.78, 5) is 17.3. The van der Waals surface area contributed by atoms with Crippen molar-refractivity contribution < 1.29 is 22.7 Å². The van der Waals surface area contributed by atoms with Gasteiger partial charge in [0.1, 0.15) is 12.2 Å². The SMILES string of the molecule is Cn1cnnc1CC1(c2cccc(N3Cc4c(cc(CN5C[C@@H]6CO[C@H](C6)C5)cc4C(F)(F)F)C3=O)c2)CC(C#N)C1. The summed E-state index contributed by atoms with van der Waals surface area (Å²) < 4.78 is 50.7. The van der Waals surface area contributed by atoms with Gasteiger partial charge in [-0.15, -0.1) is 10.2 Å². The van der Waals surface area contributed by atoms with Crippen LogP contribution in [0.1, 0.15) is 57.7 Å². The first-order chi connectivity index (χ1) is 20.1. The van der Waals surface area contributed by atoms with E-state index in [1.165, 1.54) is 11.0 Å². The molecule has 7 rings (SSSR count). The number of aromatic nitrogens is 3. The van der Waals surface area contributed by atoms with Gasteiger partial charge in [0, 0.05) is 55.7 Å². The number of benzene rings is 2. The fourth-order valence-corrected chi connectivity index (χ4v) is 7.40. The molecular weight excluding hydrogens is 545 g/mol. The van der Waals surface area contributed by atoms with Crippen LogP contribution in [0.25, 0.3) is 0 Å². The number of alkyl halides is 3. The first kappa shape index (κ1) is 27.1. The number of hydrogen-bond donors (Lipinski definition) is 0. The number of likely N-dealkylation sites (tertiary alicyclic amines) is 1. The highest BCUT2D eigenvalue weighted by Crippen LogP contribution is 2.50. The molecule has 1 aromatic heterocycles. The molecule has 1 saturated carbocycles. The van der Waals surface area contributed by atoms with Gasteiger partial charge >= 0.3 is 6.18 Å². The van der Waals surface area contributed by atoms with Gasteiger partial charge < -0.3 is 14.2 Å². The van der Waals surface area contributed by atoms with E-state index in [2.05, 4.69) is 21.2 Å². The highest BCUT2D eigenvalue weighted by Gasteiger charge is 2.47. The van der Waals surface area contributed by atoms with Gasteiger partial charge in [0.15, 0.2) is 0 Å². The maximum absolute atomic E-state index is 14.3. The Balaban J connectivity index is 1.19. The van der Waals surface area contributed by atoms with Crippen LogP contribution in [0.2, 0.25) is 0 Å². The molecule has 0 radical (unpaired) electrons. The molecule has 3 fully saturated rings. The second-order valence-corrected chi connectivity index (χ2v) is 12.4. The smallest absolute Gasteiger partial charge is 0.377 e. The summed E-state index contributed by atoms with van der Waals surface area (Å²) in [5.74, 6) is 0.675. The zero-order chi connectivity index (χ0) is 29.2. The van der Waals surface area contributed by atoms with Crippen LogP contribution in [0, 0.1) is 23.2 Å². The van der Waals surface area contributed by atoms with E-state index in [1.54, 1.807) is 18.5 Å². The molecule has 1 aliphatic carbocycles. The van der Waals surface area contributed by atoms with Gasteiger partial charge in [-0.25, -0.2) is 0 Å². The highest BCUT2D eigenvalue weighted by molar-refractivity contribution is 6.10. The van der Waals surface area contributed by atoms with E-state index in [-0.39, 0.29) is 35.1 Å². The van der Waals surface area contributed by atoms with Gasteiger partial charge in [0.05, 0.1) is 30.9 Å². The Kier molecular flexibility index (Phi) is 6.40. The minimum absolute atomic E-state index is 0.0192. The Hall–Kier alpha value is -3.75. The lowest BCUT2D eigenvalue weighted by Crippen LogP contribution is -2.43. The van der Waals surface area contributed by atoms with E-state index >= 15 is 0 Å². The summed E-state index contributed by atoms with van der Waals surface area (Å²) in [6.45, 7) is 2.36. The van der Waals surface area contributed by atoms with Gasteiger partial charge in [-0.1, -0.05) is 12.1 Å². The number of ether oxygens (including phenoxy) is 1. The molecule has 42 heavy (non-hydrogen) atoms. The molecule has 0 unspecified atom stereocenters. The monoisotopic (exact) mass is 576 g/mol. The Labute approximate surface area is 241 Å². The zero-order valence-electron chi connectivity index (χ0n) is 23.3. The molecule has 0 spiro atoms. The Bertz CT molecular complexity index is 1580. The zero-order valence-corrected chi connectivity index (χ0v) is 23.3.